The predicted octanol–water partition coefficient (Wildman–Crippen LogP) is 5.11. The van der Waals surface area contributed by atoms with Crippen LogP contribution in [0.5, 0.6) is 0 Å². The van der Waals surface area contributed by atoms with Crippen molar-refractivity contribution in [2.24, 2.45) is 5.92 Å². The molecule has 1 amide bonds. The molecule has 1 aliphatic rings. The van der Waals surface area contributed by atoms with E-state index in [1.807, 2.05) is 0 Å². The lowest BCUT2D eigenvalue weighted by Gasteiger charge is -2.33. The SMILES string of the molecule is CC1CN(c2ncccc2C(=O)NS(=O)(=O)c2cccc(Nc3cccc(Cl)c3)n2)C(C)(C)C1.[HH].[HH]. The van der Waals surface area contributed by atoms with Gasteiger partial charge in [-0.1, -0.05) is 30.7 Å². The summed E-state index contributed by atoms with van der Waals surface area (Å²) >= 11 is 6.00. The molecule has 1 fully saturated rings. The number of carbonyl (C=O) groups is 1. The first-order chi connectivity index (χ1) is 16.0. The number of anilines is 3. The van der Waals surface area contributed by atoms with Gasteiger partial charge in [0, 0.05) is 31.8 Å². The van der Waals surface area contributed by atoms with E-state index in [0.717, 1.165) is 13.0 Å². The van der Waals surface area contributed by atoms with Crippen molar-refractivity contribution >= 4 is 44.9 Å². The number of sulfonamides is 1. The summed E-state index contributed by atoms with van der Waals surface area (Å²) in [5.41, 5.74) is 0.645. The topological polar surface area (TPSA) is 104 Å². The fraction of sp³-hybridized carbons (Fsp3) is 0.292. The molecule has 3 aromatic rings. The second-order valence-corrected chi connectivity index (χ2v) is 11.1. The summed E-state index contributed by atoms with van der Waals surface area (Å²) in [5, 5.41) is 3.26. The maximum Gasteiger partial charge on any atom is 0.281 e. The summed E-state index contributed by atoms with van der Waals surface area (Å²) in [6.45, 7) is 7.05. The first kappa shape index (κ1) is 24.0. The molecule has 0 saturated carbocycles. The third kappa shape index (κ3) is 5.15. The van der Waals surface area contributed by atoms with Gasteiger partial charge in [0.1, 0.15) is 11.6 Å². The summed E-state index contributed by atoms with van der Waals surface area (Å²) in [6.07, 6.45) is 2.55. The largest absolute Gasteiger partial charge is 0.351 e. The van der Waals surface area contributed by atoms with E-state index < -0.39 is 15.9 Å². The molecule has 2 N–H and O–H groups in total. The number of hydrogen-bond donors (Lipinski definition) is 2. The first-order valence-electron chi connectivity index (χ1n) is 10.8. The Balaban J connectivity index is 0.00000228. The minimum absolute atomic E-state index is 0. The van der Waals surface area contributed by atoms with Crippen LogP contribution < -0.4 is 14.9 Å². The standard InChI is InChI=1S/C24H26ClN5O3S.2H2/c1-16-14-24(2,3)30(15-16)22-19(9-6-12-26-22)23(31)29-34(32,33)21-11-5-10-20(28-21)27-18-8-4-7-17(25)13-18;;/h4-13,16H,14-15H2,1-3H3,(H,27,28)(H,29,31);2*1H. The quantitative estimate of drug-likeness (QED) is 0.481. The second kappa shape index (κ2) is 9.23. The lowest BCUT2D eigenvalue weighted by Crippen LogP contribution is -2.41. The maximum atomic E-state index is 13.1. The fourth-order valence-electron chi connectivity index (χ4n) is 4.33. The molecule has 0 spiro atoms. The highest BCUT2D eigenvalue weighted by atomic mass is 35.5. The van der Waals surface area contributed by atoms with Crippen LogP contribution in [0.25, 0.3) is 0 Å². The highest BCUT2D eigenvalue weighted by Gasteiger charge is 2.39. The number of benzene rings is 1. The molecular weight excluding hydrogens is 474 g/mol. The van der Waals surface area contributed by atoms with Gasteiger partial charge in [-0.3, -0.25) is 4.79 Å². The van der Waals surface area contributed by atoms with Crippen LogP contribution in [0, 0.1) is 5.92 Å². The zero-order valence-electron chi connectivity index (χ0n) is 19.1. The van der Waals surface area contributed by atoms with Gasteiger partial charge in [0.25, 0.3) is 15.9 Å². The zero-order valence-corrected chi connectivity index (χ0v) is 20.7. The molecule has 4 rings (SSSR count). The highest BCUT2D eigenvalue weighted by molar-refractivity contribution is 7.90. The smallest absolute Gasteiger partial charge is 0.281 e. The van der Waals surface area contributed by atoms with E-state index in [9.17, 15) is 13.2 Å². The van der Waals surface area contributed by atoms with Gasteiger partial charge < -0.3 is 10.2 Å². The number of amides is 1. The molecular formula is C24H30ClN5O3S. The van der Waals surface area contributed by atoms with Gasteiger partial charge in [-0.2, -0.15) is 8.42 Å². The minimum Gasteiger partial charge on any atom is -0.351 e. The Morgan fingerprint density at radius 1 is 1.18 bits per heavy atom. The van der Waals surface area contributed by atoms with Crippen LogP contribution in [0.4, 0.5) is 17.3 Å². The van der Waals surface area contributed by atoms with E-state index in [2.05, 4.69) is 45.7 Å². The van der Waals surface area contributed by atoms with Crippen molar-refractivity contribution in [1.82, 2.24) is 14.7 Å². The predicted molar refractivity (Wildman–Crippen MR) is 137 cm³/mol. The maximum absolute atomic E-state index is 13.1. The van der Waals surface area contributed by atoms with Crippen molar-refractivity contribution in [3.05, 3.63) is 71.4 Å². The van der Waals surface area contributed by atoms with Crippen LogP contribution in [-0.2, 0) is 10.0 Å². The Morgan fingerprint density at radius 3 is 2.65 bits per heavy atom. The summed E-state index contributed by atoms with van der Waals surface area (Å²) in [6, 6.07) is 14.7. The summed E-state index contributed by atoms with van der Waals surface area (Å²) in [5.74, 6) is 0.436. The Kier molecular flexibility index (Phi) is 6.51. The molecule has 0 aliphatic carbocycles. The molecule has 182 valence electrons. The van der Waals surface area contributed by atoms with Crippen LogP contribution >= 0.6 is 11.6 Å². The van der Waals surface area contributed by atoms with Crippen LogP contribution in [0.3, 0.4) is 0 Å². The number of aromatic nitrogens is 2. The Labute approximate surface area is 207 Å². The number of carbonyl (C=O) groups excluding carboxylic acids is 1. The van der Waals surface area contributed by atoms with Gasteiger partial charge in [-0.15, -0.1) is 0 Å². The number of nitrogens with one attached hydrogen (secondary N) is 2. The van der Waals surface area contributed by atoms with Crippen LogP contribution in [0.15, 0.2) is 65.8 Å². The van der Waals surface area contributed by atoms with Gasteiger partial charge in [0.2, 0.25) is 0 Å². The molecule has 34 heavy (non-hydrogen) atoms. The van der Waals surface area contributed by atoms with Crippen molar-refractivity contribution in [2.75, 3.05) is 16.8 Å². The molecule has 1 aromatic carbocycles. The average Bonchev–Trinajstić information content (AvgIpc) is 3.05. The van der Waals surface area contributed by atoms with Crippen molar-refractivity contribution < 1.29 is 16.1 Å². The van der Waals surface area contributed by atoms with E-state index in [1.54, 1.807) is 54.7 Å². The molecule has 0 radical (unpaired) electrons. The number of nitrogens with zero attached hydrogens (tertiary/aromatic N) is 3. The molecule has 0 bridgehead atoms. The Hall–Kier alpha value is -3.17. The summed E-state index contributed by atoms with van der Waals surface area (Å²) < 4.78 is 28.2. The molecule has 1 aliphatic heterocycles. The van der Waals surface area contributed by atoms with E-state index in [0.29, 0.717) is 28.3 Å². The number of pyridine rings is 2. The third-order valence-electron chi connectivity index (χ3n) is 5.68. The fourth-order valence-corrected chi connectivity index (χ4v) is 5.45. The van der Waals surface area contributed by atoms with E-state index >= 15 is 0 Å². The van der Waals surface area contributed by atoms with Crippen LogP contribution in [0.1, 0.15) is 40.4 Å². The molecule has 1 saturated heterocycles. The molecule has 8 nitrogen and oxygen atoms in total. The van der Waals surface area contributed by atoms with Crippen molar-refractivity contribution in [3.8, 4) is 0 Å². The molecule has 10 heteroatoms. The average molecular weight is 504 g/mol. The number of rotatable bonds is 6. The minimum atomic E-state index is -4.23. The van der Waals surface area contributed by atoms with Crippen molar-refractivity contribution in [3.63, 3.8) is 0 Å². The lowest BCUT2D eigenvalue weighted by atomic mass is 9.97. The molecule has 1 atom stereocenters. The van der Waals surface area contributed by atoms with Gasteiger partial charge in [-0.25, -0.2) is 14.7 Å². The number of hydrogen-bond acceptors (Lipinski definition) is 7. The molecule has 2 aromatic heterocycles. The van der Waals surface area contributed by atoms with E-state index in [4.69, 9.17) is 11.6 Å². The highest BCUT2D eigenvalue weighted by Crippen LogP contribution is 2.37. The Morgan fingerprint density at radius 2 is 1.94 bits per heavy atom. The third-order valence-corrected chi connectivity index (χ3v) is 7.15. The summed E-state index contributed by atoms with van der Waals surface area (Å²) in [4.78, 5) is 23.7. The first-order valence-corrected chi connectivity index (χ1v) is 12.7. The van der Waals surface area contributed by atoms with E-state index in [-0.39, 0.29) is 19.0 Å². The van der Waals surface area contributed by atoms with E-state index in [1.165, 1.54) is 6.07 Å². The zero-order chi connectivity index (χ0) is 24.5. The normalized spacial score (nSPS) is 17.4. The van der Waals surface area contributed by atoms with Crippen LogP contribution in [-0.4, -0.2) is 36.4 Å². The van der Waals surface area contributed by atoms with Gasteiger partial charge in [-0.05, 0) is 68.7 Å². The second-order valence-electron chi connectivity index (χ2n) is 9.04. The van der Waals surface area contributed by atoms with Crippen LogP contribution in [0.2, 0.25) is 5.02 Å². The molecule has 1 unspecified atom stereocenters. The number of halogens is 1. The summed E-state index contributed by atoms with van der Waals surface area (Å²) in [7, 11) is -4.23. The monoisotopic (exact) mass is 503 g/mol. The lowest BCUT2D eigenvalue weighted by molar-refractivity contribution is 0.0981. The van der Waals surface area contributed by atoms with Gasteiger partial charge >= 0.3 is 0 Å². The molecule has 3 heterocycles. The van der Waals surface area contributed by atoms with Gasteiger partial charge in [0.15, 0.2) is 5.03 Å². The Bertz CT molecular complexity index is 1340. The van der Waals surface area contributed by atoms with Gasteiger partial charge in [0.05, 0.1) is 5.56 Å². The van der Waals surface area contributed by atoms with Crippen molar-refractivity contribution in [2.45, 2.75) is 37.8 Å². The van der Waals surface area contributed by atoms with Crippen molar-refractivity contribution in [1.29, 1.82) is 0 Å².